The van der Waals surface area contributed by atoms with Crippen LogP contribution in [0.4, 0.5) is 0 Å². The predicted octanol–water partition coefficient (Wildman–Crippen LogP) is 1.96. The highest BCUT2D eigenvalue weighted by Crippen LogP contribution is 2.19. The van der Waals surface area contributed by atoms with E-state index in [4.69, 9.17) is 9.15 Å². The largest absolute Gasteiger partial charge is 0.444 e. The molecule has 1 aliphatic rings. The van der Waals surface area contributed by atoms with E-state index in [0.29, 0.717) is 23.6 Å². The second kappa shape index (κ2) is 7.28. The van der Waals surface area contributed by atoms with E-state index in [-0.39, 0.29) is 23.9 Å². The molecule has 2 N–H and O–H groups in total. The fourth-order valence-corrected chi connectivity index (χ4v) is 2.55. The number of hydrogen-bond donors (Lipinski definition) is 2. The van der Waals surface area contributed by atoms with Crippen LogP contribution in [-0.4, -0.2) is 38.3 Å². The monoisotopic (exact) mass is 352 g/mol. The van der Waals surface area contributed by atoms with Crippen LogP contribution in [0.15, 0.2) is 21.2 Å². The molecule has 1 fully saturated rings. The standard InChI is InChI=1S/C12H17BrN2O3.ClH/c1-17-8-12(5-2-6-15-12)7-14-11(16)9-3-4-10(13)18-9;/h3-4,15H,2,5-8H2,1H3,(H,14,16);1H. The first kappa shape index (κ1) is 16.5. The van der Waals surface area contributed by atoms with Gasteiger partial charge in [0.2, 0.25) is 0 Å². The van der Waals surface area contributed by atoms with Gasteiger partial charge in [0.1, 0.15) is 0 Å². The molecule has 1 atom stereocenters. The number of rotatable bonds is 5. The molecule has 1 aliphatic heterocycles. The summed E-state index contributed by atoms with van der Waals surface area (Å²) in [6.07, 6.45) is 2.11. The Morgan fingerprint density at radius 2 is 2.42 bits per heavy atom. The van der Waals surface area contributed by atoms with Crippen molar-refractivity contribution in [2.75, 3.05) is 26.8 Å². The zero-order valence-electron chi connectivity index (χ0n) is 10.7. The van der Waals surface area contributed by atoms with E-state index in [9.17, 15) is 4.79 Å². The molecule has 0 saturated carbocycles. The third kappa shape index (κ3) is 4.21. The van der Waals surface area contributed by atoms with Gasteiger partial charge in [-0.2, -0.15) is 0 Å². The first-order valence-electron chi connectivity index (χ1n) is 5.93. The lowest BCUT2D eigenvalue weighted by atomic mass is 9.98. The van der Waals surface area contributed by atoms with Crippen molar-refractivity contribution < 1.29 is 13.9 Å². The minimum atomic E-state index is -0.204. The van der Waals surface area contributed by atoms with Gasteiger partial charge in [-0.3, -0.25) is 4.79 Å². The third-order valence-electron chi connectivity index (χ3n) is 3.14. The minimum Gasteiger partial charge on any atom is -0.444 e. The molecule has 1 aromatic rings. The molecule has 1 amide bonds. The number of nitrogens with one attached hydrogen (secondary N) is 2. The van der Waals surface area contributed by atoms with Gasteiger partial charge in [-0.25, -0.2) is 0 Å². The second-order valence-corrected chi connectivity index (χ2v) is 5.31. The lowest BCUT2D eigenvalue weighted by molar-refractivity contribution is 0.0866. The van der Waals surface area contributed by atoms with Crippen molar-refractivity contribution in [3.63, 3.8) is 0 Å². The molecule has 0 bridgehead atoms. The van der Waals surface area contributed by atoms with Crippen LogP contribution < -0.4 is 10.6 Å². The molecule has 2 rings (SSSR count). The van der Waals surface area contributed by atoms with Gasteiger partial charge in [-0.1, -0.05) is 0 Å². The van der Waals surface area contributed by atoms with E-state index in [0.717, 1.165) is 19.4 Å². The zero-order chi connectivity index (χ0) is 13.0. The fourth-order valence-electron chi connectivity index (χ4n) is 2.24. The first-order chi connectivity index (χ1) is 8.65. The predicted molar refractivity (Wildman–Crippen MR) is 77.8 cm³/mol. The van der Waals surface area contributed by atoms with Crippen molar-refractivity contribution in [2.24, 2.45) is 0 Å². The molecular weight excluding hydrogens is 336 g/mol. The molecule has 0 aromatic carbocycles. The Morgan fingerprint density at radius 1 is 1.63 bits per heavy atom. The van der Waals surface area contributed by atoms with Crippen molar-refractivity contribution >= 4 is 34.2 Å². The van der Waals surface area contributed by atoms with E-state index in [2.05, 4.69) is 26.6 Å². The number of ether oxygens (including phenoxy) is 1. The molecule has 1 aromatic heterocycles. The number of methoxy groups -OCH3 is 1. The third-order valence-corrected chi connectivity index (χ3v) is 3.56. The molecule has 19 heavy (non-hydrogen) atoms. The van der Waals surface area contributed by atoms with Crippen molar-refractivity contribution in [1.82, 2.24) is 10.6 Å². The summed E-state index contributed by atoms with van der Waals surface area (Å²) in [5.74, 6) is 0.109. The Bertz CT molecular complexity index is 419. The van der Waals surface area contributed by atoms with E-state index in [1.807, 2.05) is 0 Å². The molecular formula is C12H18BrClN2O3. The number of hydrogen-bond acceptors (Lipinski definition) is 4. The van der Waals surface area contributed by atoms with Crippen LogP contribution >= 0.6 is 28.3 Å². The topological polar surface area (TPSA) is 63.5 Å². The molecule has 0 aliphatic carbocycles. The summed E-state index contributed by atoms with van der Waals surface area (Å²) in [4.78, 5) is 11.9. The minimum absolute atomic E-state index is 0. The summed E-state index contributed by atoms with van der Waals surface area (Å²) >= 11 is 3.17. The van der Waals surface area contributed by atoms with Gasteiger partial charge in [0.15, 0.2) is 10.4 Å². The highest BCUT2D eigenvalue weighted by atomic mass is 79.9. The number of amides is 1. The molecule has 108 valence electrons. The van der Waals surface area contributed by atoms with Gasteiger partial charge in [0.25, 0.3) is 5.91 Å². The van der Waals surface area contributed by atoms with Crippen LogP contribution in [0.5, 0.6) is 0 Å². The SMILES string of the molecule is COCC1(CNC(=O)c2ccc(Br)o2)CCCN1.Cl. The van der Waals surface area contributed by atoms with Crippen LogP contribution in [0.3, 0.4) is 0 Å². The summed E-state index contributed by atoms with van der Waals surface area (Å²) in [5.41, 5.74) is -0.145. The lowest BCUT2D eigenvalue weighted by Crippen LogP contribution is -2.52. The summed E-state index contributed by atoms with van der Waals surface area (Å²) in [7, 11) is 1.67. The van der Waals surface area contributed by atoms with Crippen LogP contribution in [0, 0.1) is 0 Å². The van der Waals surface area contributed by atoms with Crippen molar-refractivity contribution in [1.29, 1.82) is 0 Å². The molecule has 5 nitrogen and oxygen atoms in total. The van der Waals surface area contributed by atoms with Crippen molar-refractivity contribution in [3.05, 3.63) is 22.6 Å². The Kier molecular flexibility index (Phi) is 6.32. The summed E-state index contributed by atoms with van der Waals surface area (Å²) in [5, 5.41) is 6.29. The Labute approximate surface area is 127 Å². The van der Waals surface area contributed by atoms with E-state index < -0.39 is 0 Å². The van der Waals surface area contributed by atoms with Crippen LogP contribution in [0.1, 0.15) is 23.4 Å². The van der Waals surface area contributed by atoms with Gasteiger partial charge < -0.3 is 19.8 Å². The lowest BCUT2D eigenvalue weighted by Gasteiger charge is -2.28. The zero-order valence-corrected chi connectivity index (χ0v) is 13.1. The van der Waals surface area contributed by atoms with Gasteiger partial charge in [0.05, 0.1) is 12.1 Å². The molecule has 0 radical (unpaired) electrons. The fraction of sp³-hybridized carbons (Fsp3) is 0.583. The molecule has 0 spiro atoms. The normalized spacial score (nSPS) is 22.0. The molecule has 2 heterocycles. The van der Waals surface area contributed by atoms with E-state index >= 15 is 0 Å². The second-order valence-electron chi connectivity index (χ2n) is 4.53. The van der Waals surface area contributed by atoms with Crippen LogP contribution in [0.25, 0.3) is 0 Å². The average molecular weight is 354 g/mol. The Morgan fingerprint density at radius 3 is 2.95 bits per heavy atom. The maximum absolute atomic E-state index is 11.9. The number of halogens is 2. The van der Waals surface area contributed by atoms with Gasteiger partial charge in [0, 0.05) is 13.7 Å². The van der Waals surface area contributed by atoms with Gasteiger partial charge in [-0.05, 0) is 47.4 Å². The van der Waals surface area contributed by atoms with Crippen LogP contribution in [0.2, 0.25) is 0 Å². The summed E-state index contributed by atoms with van der Waals surface area (Å²) in [6.45, 7) is 2.10. The molecule has 7 heteroatoms. The maximum atomic E-state index is 11.9. The van der Waals surface area contributed by atoms with Crippen LogP contribution in [-0.2, 0) is 4.74 Å². The maximum Gasteiger partial charge on any atom is 0.287 e. The highest BCUT2D eigenvalue weighted by Gasteiger charge is 2.34. The van der Waals surface area contributed by atoms with Gasteiger partial charge in [-0.15, -0.1) is 12.4 Å². The van der Waals surface area contributed by atoms with E-state index in [1.165, 1.54) is 0 Å². The quantitative estimate of drug-likeness (QED) is 0.849. The highest BCUT2D eigenvalue weighted by molar-refractivity contribution is 9.10. The number of carbonyl (C=O) groups excluding carboxylic acids is 1. The first-order valence-corrected chi connectivity index (χ1v) is 6.72. The summed E-state index contributed by atoms with van der Waals surface area (Å²) < 4.78 is 11.0. The van der Waals surface area contributed by atoms with Crippen molar-refractivity contribution in [3.8, 4) is 0 Å². The Balaban J connectivity index is 0.00000180. The Hall–Kier alpha value is -0.560. The van der Waals surface area contributed by atoms with Crippen molar-refractivity contribution in [2.45, 2.75) is 18.4 Å². The number of carbonyl (C=O) groups is 1. The summed E-state index contributed by atoms with van der Waals surface area (Å²) in [6, 6.07) is 3.35. The molecule has 1 saturated heterocycles. The smallest absolute Gasteiger partial charge is 0.287 e. The molecule has 1 unspecified atom stereocenters. The van der Waals surface area contributed by atoms with E-state index in [1.54, 1.807) is 19.2 Å². The van der Waals surface area contributed by atoms with Gasteiger partial charge >= 0.3 is 0 Å². The number of furan rings is 1. The average Bonchev–Trinajstić information content (AvgIpc) is 2.97.